The molecule has 2 nitrogen and oxygen atoms in total. The van der Waals surface area contributed by atoms with Crippen LogP contribution in [0, 0.1) is 0 Å². The summed E-state index contributed by atoms with van der Waals surface area (Å²) in [6.45, 7) is 4.71. The Kier molecular flexibility index (Phi) is 6.75. The molecule has 1 aliphatic heterocycles. The number of aliphatic hydroxyl groups is 1. The lowest BCUT2D eigenvalue weighted by Crippen LogP contribution is -2.57. The molecule has 3 heteroatoms. The molecule has 1 fully saturated rings. The predicted molar refractivity (Wildman–Crippen MR) is 146 cm³/mol. The fourth-order valence-corrected chi connectivity index (χ4v) is 11.4. The van der Waals surface area contributed by atoms with Crippen molar-refractivity contribution in [2.24, 2.45) is 0 Å². The lowest BCUT2D eigenvalue weighted by atomic mass is 9.79. The van der Waals surface area contributed by atoms with Crippen molar-refractivity contribution >= 4 is 13.5 Å². The molecule has 1 aliphatic rings. The van der Waals surface area contributed by atoms with E-state index in [0.29, 0.717) is 11.1 Å². The normalized spacial score (nSPS) is 23.2. The molecule has 5 rings (SSSR count). The van der Waals surface area contributed by atoms with Gasteiger partial charge >= 0.3 is 0 Å². The van der Waals surface area contributed by atoms with Crippen molar-refractivity contribution in [2.75, 3.05) is 0 Å². The maximum Gasteiger partial charge on any atom is 0.230 e. The van der Waals surface area contributed by atoms with Crippen LogP contribution >= 0.6 is 0 Å². The molecule has 4 aromatic carbocycles. The van der Waals surface area contributed by atoms with E-state index in [1.165, 1.54) is 5.19 Å². The highest BCUT2D eigenvalue weighted by Crippen LogP contribution is 2.52. The Morgan fingerprint density at radius 3 is 1.51 bits per heavy atom. The maximum absolute atomic E-state index is 12.9. The molecule has 0 bridgehead atoms. The van der Waals surface area contributed by atoms with Crippen LogP contribution in [0.1, 0.15) is 49.5 Å². The van der Waals surface area contributed by atoms with Gasteiger partial charge in [0.05, 0.1) is 0 Å². The first-order valence-electron chi connectivity index (χ1n) is 12.7. The zero-order valence-corrected chi connectivity index (χ0v) is 21.5. The zero-order valence-electron chi connectivity index (χ0n) is 20.5. The summed E-state index contributed by atoms with van der Waals surface area (Å²) >= 11 is 0. The fraction of sp³-hybridized carbons (Fsp3) is 0.250. The Morgan fingerprint density at radius 2 is 1.06 bits per heavy atom. The van der Waals surface area contributed by atoms with Gasteiger partial charge in [0.25, 0.3) is 0 Å². The molecule has 4 atom stereocenters. The Labute approximate surface area is 210 Å². The molecule has 0 aliphatic carbocycles. The quantitative estimate of drug-likeness (QED) is 0.287. The predicted octanol–water partition coefficient (Wildman–Crippen LogP) is 7.11. The maximum atomic E-state index is 12.9. The molecule has 1 heterocycles. The third kappa shape index (κ3) is 4.18. The Morgan fingerprint density at radius 1 is 0.657 bits per heavy atom. The summed E-state index contributed by atoms with van der Waals surface area (Å²) < 4.78 is 7.56. The lowest BCUT2D eigenvalue weighted by Gasteiger charge is -2.45. The Balaban J connectivity index is 1.75. The summed E-state index contributed by atoms with van der Waals surface area (Å²) in [5.74, 6) is 0. The summed E-state index contributed by atoms with van der Waals surface area (Å²) in [6.07, 6.45) is 1.75. The molecule has 0 saturated carbocycles. The van der Waals surface area contributed by atoms with Crippen molar-refractivity contribution in [1.29, 1.82) is 0 Å². The molecule has 1 N–H and O–H groups in total. The van der Waals surface area contributed by atoms with Crippen LogP contribution in [-0.2, 0) is 10.0 Å². The number of hydrogen-bond donors (Lipinski definition) is 1. The van der Waals surface area contributed by atoms with Gasteiger partial charge in [0, 0.05) is 0 Å². The molecular weight excluding hydrogens is 444 g/mol. The highest BCUT2D eigenvalue weighted by molar-refractivity contribution is 6.89. The van der Waals surface area contributed by atoms with E-state index in [9.17, 15) is 5.11 Å². The highest BCUT2D eigenvalue weighted by Gasteiger charge is 2.56. The minimum Gasteiger partial charge on any atom is -0.401 e. The smallest absolute Gasteiger partial charge is 0.230 e. The van der Waals surface area contributed by atoms with E-state index in [4.69, 9.17) is 4.43 Å². The van der Waals surface area contributed by atoms with Crippen LogP contribution < -0.4 is 5.19 Å². The van der Waals surface area contributed by atoms with Gasteiger partial charge in [-0.25, -0.2) is 0 Å². The Bertz CT molecular complexity index is 1160. The van der Waals surface area contributed by atoms with Crippen LogP contribution in [-0.4, -0.2) is 13.4 Å². The van der Waals surface area contributed by atoms with Crippen molar-refractivity contribution in [3.63, 3.8) is 0 Å². The Hall–Kier alpha value is -2.98. The van der Waals surface area contributed by atoms with Gasteiger partial charge in [0.2, 0.25) is 8.32 Å². The first-order valence-corrected chi connectivity index (χ1v) is 14.7. The molecular formula is C32H34O2Si. The second-order valence-corrected chi connectivity index (χ2v) is 14.3. The van der Waals surface area contributed by atoms with E-state index >= 15 is 0 Å². The second kappa shape index (κ2) is 9.94. The van der Waals surface area contributed by atoms with E-state index < -0.39 is 20.0 Å². The van der Waals surface area contributed by atoms with Gasteiger partial charge in [-0.1, -0.05) is 148 Å². The van der Waals surface area contributed by atoms with E-state index in [1.807, 2.05) is 78.9 Å². The van der Waals surface area contributed by atoms with E-state index in [1.54, 1.807) is 0 Å². The molecule has 0 radical (unpaired) electrons. The van der Waals surface area contributed by atoms with Crippen molar-refractivity contribution in [3.8, 4) is 0 Å². The minimum atomic E-state index is -2.50. The molecule has 35 heavy (non-hydrogen) atoms. The molecule has 0 spiro atoms. The van der Waals surface area contributed by atoms with Gasteiger partial charge in [0.1, 0.15) is 11.7 Å². The van der Waals surface area contributed by atoms with Crippen LogP contribution in [0.4, 0.5) is 0 Å². The van der Waals surface area contributed by atoms with Crippen LogP contribution in [0.5, 0.6) is 0 Å². The molecule has 1 unspecified atom stereocenters. The average molecular weight is 479 g/mol. The van der Waals surface area contributed by atoms with Crippen LogP contribution in [0.2, 0.25) is 11.1 Å². The molecule has 0 amide bonds. The van der Waals surface area contributed by atoms with Crippen molar-refractivity contribution in [3.05, 3.63) is 138 Å². The second-order valence-electron chi connectivity index (χ2n) is 9.95. The topological polar surface area (TPSA) is 29.5 Å². The number of rotatable bonds is 7. The fourth-order valence-electron chi connectivity index (χ4n) is 6.05. The summed E-state index contributed by atoms with van der Waals surface area (Å²) in [4.78, 5) is 0. The average Bonchev–Trinajstić information content (AvgIpc) is 3.22. The van der Waals surface area contributed by atoms with Gasteiger partial charge in [-0.05, 0) is 33.0 Å². The number of hydrogen-bond acceptors (Lipinski definition) is 2. The zero-order chi connectivity index (χ0) is 24.3. The third-order valence-electron chi connectivity index (χ3n) is 7.94. The molecule has 4 aromatic rings. The van der Waals surface area contributed by atoms with Gasteiger partial charge < -0.3 is 9.53 Å². The largest absolute Gasteiger partial charge is 0.401 e. The van der Waals surface area contributed by atoms with E-state index in [0.717, 1.165) is 29.5 Å². The van der Waals surface area contributed by atoms with Crippen molar-refractivity contribution in [2.45, 2.75) is 49.5 Å². The van der Waals surface area contributed by atoms with Gasteiger partial charge in [-0.3, -0.25) is 0 Å². The monoisotopic (exact) mass is 478 g/mol. The van der Waals surface area contributed by atoms with E-state index in [-0.39, 0.29) is 0 Å². The van der Waals surface area contributed by atoms with Crippen LogP contribution in [0.25, 0.3) is 0 Å². The highest BCUT2D eigenvalue weighted by atomic mass is 28.4. The summed E-state index contributed by atoms with van der Waals surface area (Å²) in [5, 5.41) is 14.2. The van der Waals surface area contributed by atoms with Gasteiger partial charge in [-0.2, -0.15) is 0 Å². The van der Waals surface area contributed by atoms with Crippen molar-refractivity contribution < 1.29 is 9.53 Å². The third-order valence-corrected chi connectivity index (χ3v) is 13.3. The van der Waals surface area contributed by atoms with Crippen molar-refractivity contribution in [1.82, 2.24) is 0 Å². The summed E-state index contributed by atoms with van der Waals surface area (Å²) in [5.41, 5.74) is 2.23. The molecule has 0 aromatic heterocycles. The van der Waals surface area contributed by atoms with Crippen LogP contribution in [0.3, 0.4) is 0 Å². The lowest BCUT2D eigenvalue weighted by molar-refractivity contribution is -0.0429. The minimum absolute atomic E-state index is 0.446. The van der Waals surface area contributed by atoms with E-state index in [2.05, 4.69) is 56.3 Å². The SMILES string of the molecule is C[C@@H]1CC[C@H](C)[Si]1(O[C@@H](c1ccccc1)C(O)(c1ccccc1)c1ccccc1)c1ccccc1. The van der Waals surface area contributed by atoms with Crippen LogP contribution in [0.15, 0.2) is 121 Å². The molecule has 1 saturated heterocycles. The summed E-state index contributed by atoms with van der Waals surface area (Å²) in [7, 11) is -2.50. The van der Waals surface area contributed by atoms with Gasteiger partial charge in [-0.15, -0.1) is 0 Å². The van der Waals surface area contributed by atoms with Gasteiger partial charge in [0.15, 0.2) is 0 Å². The summed E-state index contributed by atoms with van der Waals surface area (Å²) in [6, 6.07) is 41.2. The standard InChI is InChI=1S/C32H34O2Si/c1-25-23-24-26(2)35(25,30-21-13-6-14-22-30)34-31(27-15-7-3-8-16-27)32(33,28-17-9-4-10-18-28)29-19-11-5-12-20-29/h3-22,25-26,31,33H,23-24H2,1-2H3/t25-,26+,31-,35?/m0/s1. The molecule has 178 valence electrons. The first-order chi connectivity index (χ1) is 17.1. The number of benzene rings is 4. The first kappa shape index (κ1) is 23.7.